The molecule has 21 heavy (non-hydrogen) atoms. The van der Waals surface area contributed by atoms with Crippen molar-refractivity contribution in [2.45, 2.75) is 25.8 Å². The van der Waals surface area contributed by atoms with Crippen LogP contribution in [0.3, 0.4) is 0 Å². The van der Waals surface area contributed by atoms with Crippen molar-refractivity contribution in [2.75, 3.05) is 39.9 Å². The zero-order chi connectivity index (χ0) is 15.8. The monoisotopic (exact) mass is 301 g/mol. The number of likely N-dealkylation sites (N-methyl/N-ethyl adjacent to an activating group) is 1. The first-order valence-electron chi connectivity index (χ1n) is 7.08. The van der Waals surface area contributed by atoms with Crippen LogP contribution in [0, 0.1) is 0 Å². The molecule has 0 radical (unpaired) electrons. The number of aliphatic hydroxyl groups excluding tert-OH is 1. The molecule has 8 heteroatoms. The molecule has 0 aromatic heterocycles. The van der Waals surface area contributed by atoms with E-state index in [0.717, 1.165) is 0 Å². The second kappa shape index (κ2) is 8.46. The molecule has 0 unspecified atom stereocenters. The van der Waals surface area contributed by atoms with Gasteiger partial charge in [-0.25, -0.2) is 4.79 Å². The zero-order valence-electron chi connectivity index (χ0n) is 12.5. The molecular weight excluding hydrogens is 278 g/mol. The number of carbonyl (C=O) groups excluding carboxylic acids is 3. The number of ether oxygens (including phenoxy) is 1. The van der Waals surface area contributed by atoms with E-state index < -0.39 is 11.8 Å². The normalized spacial score (nSPS) is 15.5. The van der Waals surface area contributed by atoms with Gasteiger partial charge in [0.1, 0.15) is 0 Å². The summed E-state index contributed by atoms with van der Waals surface area (Å²) in [6, 6.07) is -0.130. The molecule has 1 rings (SSSR count). The lowest BCUT2D eigenvalue weighted by Crippen LogP contribution is -2.50. The first-order valence-corrected chi connectivity index (χ1v) is 7.08. The molecule has 2 N–H and O–H groups in total. The number of carbonyl (C=O) groups is 3. The molecule has 8 nitrogen and oxygen atoms in total. The summed E-state index contributed by atoms with van der Waals surface area (Å²) < 4.78 is 4.91. The van der Waals surface area contributed by atoms with Gasteiger partial charge in [-0.2, -0.15) is 0 Å². The molecule has 0 spiro atoms. The Morgan fingerprint density at radius 1 is 1.33 bits per heavy atom. The number of nitrogens with one attached hydrogen (secondary N) is 1. The highest BCUT2D eigenvalue weighted by atomic mass is 16.6. The van der Waals surface area contributed by atoms with Crippen molar-refractivity contribution in [1.29, 1.82) is 0 Å². The number of hydrogen-bond acceptors (Lipinski definition) is 5. The van der Waals surface area contributed by atoms with Gasteiger partial charge in [0.25, 0.3) is 0 Å². The topological polar surface area (TPSA) is 99.2 Å². The van der Waals surface area contributed by atoms with Gasteiger partial charge in [0.15, 0.2) is 0 Å². The molecule has 1 aliphatic rings. The Hall–Kier alpha value is -1.83. The predicted octanol–water partition coefficient (Wildman–Crippen LogP) is -0.826. The van der Waals surface area contributed by atoms with Gasteiger partial charge >= 0.3 is 17.9 Å². The maximum Gasteiger partial charge on any atom is 0.409 e. The lowest BCUT2D eigenvalue weighted by molar-refractivity contribution is -0.145. The summed E-state index contributed by atoms with van der Waals surface area (Å²) in [5, 5.41) is 11.4. The van der Waals surface area contributed by atoms with E-state index in [9.17, 15) is 14.4 Å². The molecule has 1 heterocycles. The highest BCUT2D eigenvalue weighted by Gasteiger charge is 2.27. The van der Waals surface area contributed by atoms with Gasteiger partial charge in [0.2, 0.25) is 0 Å². The second-order valence-electron chi connectivity index (χ2n) is 4.88. The van der Waals surface area contributed by atoms with Crippen molar-refractivity contribution in [3.05, 3.63) is 0 Å². The average molecular weight is 301 g/mol. The molecule has 0 atom stereocenters. The third-order valence-electron chi connectivity index (χ3n) is 3.33. The number of nitrogens with zero attached hydrogens (tertiary/aromatic N) is 2. The van der Waals surface area contributed by atoms with Crippen molar-refractivity contribution < 1.29 is 24.2 Å². The average Bonchev–Trinajstić information content (AvgIpc) is 2.47. The first kappa shape index (κ1) is 17.2. The number of rotatable bonds is 4. The number of amides is 3. The molecule has 1 fully saturated rings. The van der Waals surface area contributed by atoms with Crippen LogP contribution >= 0.6 is 0 Å². The van der Waals surface area contributed by atoms with E-state index in [1.807, 2.05) is 0 Å². The van der Waals surface area contributed by atoms with Gasteiger partial charge in [-0.3, -0.25) is 9.59 Å². The van der Waals surface area contributed by atoms with Crippen LogP contribution in [-0.2, 0) is 14.3 Å². The van der Waals surface area contributed by atoms with E-state index in [2.05, 4.69) is 5.32 Å². The van der Waals surface area contributed by atoms with E-state index in [-0.39, 0.29) is 25.3 Å². The molecule has 0 saturated carbocycles. The van der Waals surface area contributed by atoms with Crippen molar-refractivity contribution in [1.82, 2.24) is 15.1 Å². The number of aliphatic hydroxyl groups is 1. The predicted molar refractivity (Wildman–Crippen MR) is 74.5 cm³/mol. The van der Waals surface area contributed by atoms with E-state index in [4.69, 9.17) is 9.84 Å². The molecular formula is C13H23N3O5. The summed E-state index contributed by atoms with van der Waals surface area (Å²) in [7, 11) is 1.46. The van der Waals surface area contributed by atoms with E-state index in [1.165, 1.54) is 11.9 Å². The van der Waals surface area contributed by atoms with Crippen LogP contribution in [0.2, 0.25) is 0 Å². The van der Waals surface area contributed by atoms with E-state index in [1.54, 1.807) is 11.8 Å². The van der Waals surface area contributed by atoms with Crippen molar-refractivity contribution in [2.24, 2.45) is 0 Å². The largest absolute Gasteiger partial charge is 0.450 e. The van der Waals surface area contributed by atoms with E-state index >= 15 is 0 Å². The summed E-state index contributed by atoms with van der Waals surface area (Å²) >= 11 is 0. The van der Waals surface area contributed by atoms with Crippen LogP contribution in [0.1, 0.15) is 19.8 Å². The summed E-state index contributed by atoms with van der Waals surface area (Å²) in [6.07, 6.45) is 0.823. The van der Waals surface area contributed by atoms with Gasteiger partial charge in [-0.15, -0.1) is 0 Å². The lowest BCUT2D eigenvalue weighted by Gasteiger charge is -2.31. The van der Waals surface area contributed by atoms with Gasteiger partial charge in [-0.1, -0.05) is 0 Å². The Labute approximate surface area is 124 Å². The molecule has 1 aliphatic heterocycles. The fourth-order valence-corrected chi connectivity index (χ4v) is 2.09. The SMILES string of the molecule is CCOC(=O)N1CCC(NC(=O)C(=O)N(C)CCO)CC1. The van der Waals surface area contributed by atoms with Crippen molar-refractivity contribution in [3.8, 4) is 0 Å². The van der Waals surface area contributed by atoms with Crippen LogP contribution in [0.25, 0.3) is 0 Å². The van der Waals surface area contributed by atoms with Gasteiger partial charge in [-0.05, 0) is 19.8 Å². The highest BCUT2D eigenvalue weighted by molar-refractivity contribution is 6.35. The van der Waals surface area contributed by atoms with Gasteiger partial charge in [0.05, 0.1) is 13.2 Å². The van der Waals surface area contributed by atoms with Crippen LogP contribution in [0.15, 0.2) is 0 Å². The lowest BCUT2D eigenvalue weighted by atomic mass is 10.1. The molecule has 0 aromatic rings. The third-order valence-corrected chi connectivity index (χ3v) is 3.33. The Kier molecular flexibility index (Phi) is 6.93. The fourth-order valence-electron chi connectivity index (χ4n) is 2.09. The summed E-state index contributed by atoms with van der Waals surface area (Å²) in [6.45, 7) is 3.00. The molecule has 0 aliphatic carbocycles. The standard InChI is InChI=1S/C13H23N3O5/c1-3-21-13(20)16-6-4-10(5-7-16)14-11(18)12(19)15(2)8-9-17/h10,17H,3-9H2,1-2H3,(H,14,18). The zero-order valence-corrected chi connectivity index (χ0v) is 12.5. The van der Waals surface area contributed by atoms with Gasteiger partial charge < -0.3 is 25.0 Å². The smallest absolute Gasteiger partial charge is 0.409 e. The summed E-state index contributed by atoms with van der Waals surface area (Å²) in [5.74, 6) is -1.35. The van der Waals surface area contributed by atoms with Gasteiger partial charge in [0, 0.05) is 32.7 Å². The Morgan fingerprint density at radius 2 is 1.95 bits per heavy atom. The molecule has 3 amide bonds. The number of likely N-dealkylation sites (tertiary alicyclic amines) is 1. The molecule has 0 aromatic carbocycles. The number of piperidine rings is 1. The van der Waals surface area contributed by atoms with Crippen LogP contribution in [0.4, 0.5) is 4.79 Å². The maximum absolute atomic E-state index is 11.8. The Bertz CT molecular complexity index is 380. The quantitative estimate of drug-likeness (QED) is 0.661. The molecule has 1 saturated heterocycles. The Balaban J connectivity index is 2.37. The fraction of sp³-hybridized carbons (Fsp3) is 0.769. The van der Waals surface area contributed by atoms with Crippen LogP contribution in [-0.4, -0.2) is 78.8 Å². The summed E-state index contributed by atoms with van der Waals surface area (Å²) in [4.78, 5) is 37.7. The minimum absolute atomic E-state index is 0.119. The Morgan fingerprint density at radius 3 is 2.48 bits per heavy atom. The highest BCUT2D eigenvalue weighted by Crippen LogP contribution is 2.11. The second-order valence-corrected chi connectivity index (χ2v) is 4.88. The minimum Gasteiger partial charge on any atom is -0.450 e. The minimum atomic E-state index is -0.680. The van der Waals surface area contributed by atoms with Crippen molar-refractivity contribution in [3.63, 3.8) is 0 Å². The molecule has 120 valence electrons. The summed E-state index contributed by atoms with van der Waals surface area (Å²) in [5.41, 5.74) is 0. The number of hydrogen-bond donors (Lipinski definition) is 2. The third kappa shape index (κ3) is 5.22. The van der Waals surface area contributed by atoms with Crippen LogP contribution < -0.4 is 5.32 Å². The first-order chi connectivity index (χ1) is 9.99. The maximum atomic E-state index is 11.8. The van der Waals surface area contributed by atoms with E-state index in [0.29, 0.717) is 32.5 Å². The van der Waals surface area contributed by atoms with Crippen molar-refractivity contribution >= 4 is 17.9 Å². The van der Waals surface area contributed by atoms with Crippen LogP contribution in [0.5, 0.6) is 0 Å². The molecule has 0 bridgehead atoms.